The van der Waals surface area contributed by atoms with E-state index in [4.69, 9.17) is 9.26 Å². The summed E-state index contributed by atoms with van der Waals surface area (Å²) in [7, 11) is 1.77. The highest BCUT2D eigenvalue weighted by Gasteiger charge is 2.17. The Morgan fingerprint density at radius 3 is 2.59 bits per heavy atom. The predicted octanol–water partition coefficient (Wildman–Crippen LogP) is 4.97. The van der Waals surface area contributed by atoms with Crippen LogP contribution >= 0.6 is 0 Å². The molecule has 0 fully saturated rings. The second-order valence-electron chi connectivity index (χ2n) is 7.37. The lowest BCUT2D eigenvalue weighted by atomic mass is 10.1. The largest absolute Gasteiger partial charge is 0.489 e. The van der Waals surface area contributed by atoms with E-state index in [9.17, 15) is 9.18 Å². The summed E-state index contributed by atoms with van der Waals surface area (Å²) in [5.41, 5.74) is 2.27. The molecule has 6 nitrogen and oxygen atoms in total. The summed E-state index contributed by atoms with van der Waals surface area (Å²) in [6.07, 6.45) is 1.61. The van der Waals surface area contributed by atoms with Gasteiger partial charge < -0.3 is 13.8 Å². The predicted molar refractivity (Wildman–Crippen MR) is 119 cm³/mol. The molecule has 0 spiro atoms. The average molecular weight is 427 g/mol. The number of halogens is 1. The Labute approximate surface area is 182 Å². The zero-order chi connectivity index (χ0) is 22.1. The van der Waals surface area contributed by atoms with E-state index in [1.807, 2.05) is 54.6 Å². The van der Waals surface area contributed by atoms with Gasteiger partial charge in [0.1, 0.15) is 23.7 Å². The van der Waals surface area contributed by atoms with Crippen molar-refractivity contribution in [3.05, 3.63) is 101 Å². The van der Waals surface area contributed by atoms with Crippen molar-refractivity contribution in [3.63, 3.8) is 0 Å². The lowest BCUT2D eigenvalue weighted by molar-refractivity contribution is 0.306. The van der Waals surface area contributed by atoms with E-state index in [-0.39, 0.29) is 22.3 Å². The quantitative estimate of drug-likeness (QED) is 0.396. The van der Waals surface area contributed by atoms with E-state index in [0.717, 1.165) is 11.1 Å². The minimum atomic E-state index is -0.479. The van der Waals surface area contributed by atoms with Gasteiger partial charge in [0.25, 0.3) is 5.89 Å². The Balaban J connectivity index is 1.40. The number of nitrogens with zero attached hydrogens (tertiary/aromatic N) is 3. The molecule has 0 saturated heterocycles. The highest BCUT2D eigenvalue weighted by molar-refractivity contribution is 5.82. The van der Waals surface area contributed by atoms with Crippen molar-refractivity contribution in [3.8, 4) is 28.6 Å². The van der Waals surface area contributed by atoms with E-state index in [0.29, 0.717) is 23.7 Å². The summed E-state index contributed by atoms with van der Waals surface area (Å²) in [4.78, 5) is 17.3. The summed E-state index contributed by atoms with van der Waals surface area (Å²) in [6, 6.07) is 21.3. The number of benzene rings is 3. The number of ether oxygens (including phenoxy) is 1. The Kier molecular flexibility index (Phi) is 4.99. The van der Waals surface area contributed by atoms with Crippen LogP contribution in [0.15, 0.2) is 88.3 Å². The number of fused-ring (bicyclic) bond motifs is 1. The number of aromatic nitrogens is 3. The van der Waals surface area contributed by atoms with Crippen molar-refractivity contribution in [2.24, 2.45) is 7.05 Å². The Hall–Kier alpha value is -4.26. The van der Waals surface area contributed by atoms with Gasteiger partial charge in [-0.2, -0.15) is 4.98 Å². The molecule has 0 radical (unpaired) electrons. The molecule has 0 saturated carbocycles. The molecule has 3 aromatic carbocycles. The standard InChI is InChI=1S/C25H18FN3O3/c1-29-14-21(23(30)20-13-18(26)9-12-22(20)29)25-27-24(28-32-25)17-7-10-19(11-8-17)31-15-16-5-3-2-4-6-16/h2-14H,15H2,1H3. The molecular weight excluding hydrogens is 409 g/mol. The fraction of sp³-hybridized carbons (Fsp3) is 0.0800. The molecule has 7 heteroatoms. The van der Waals surface area contributed by atoms with Crippen molar-refractivity contribution < 1.29 is 13.7 Å². The van der Waals surface area contributed by atoms with Gasteiger partial charge in [-0.15, -0.1) is 0 Å². The first-order chi connectivity index (χ1) is 15.6. The molecule has 0 aliphatic carbocycles. The summed E-state index contributed by atoms with van der Waals surface area (Å²) >= 11 is 0. The average Bonchev–Trinajstić information content (AvgIpc) is 3.31. The van der Waals surface area contributed by atoms with Gasteiger partial charge in [-0.05, 0) is 48.0 Å². The fourth-order valence-electron chi connectivity index (χ4n) is 3.51. The molecule has 0 bridgehead atoms. The molecule has 2 aromatic heterocycles. The number of pyridine rings is 1. The molecule has 0 atom stereocenters. The van der Waals surface area contributed by atoms with Crippen molar-refractivity contribution in [2.75, 3.05) is 0 Å². The van der Waals surface area contributed by atoms with E-state index >= 15 is 0 Å². The van der Waals surface area contributed by atoms with Gasteiger partial charge in [-0.3, -0.25) is 4.79 Å². The molecule has 2 heterocycles. The van der Waals surface area contributed by atoms with Crippen LogP contribution in [0.2, 0.25) is 0 Å². The number of hydrogen-bond acceptors (Lipinski definition) is 5. The SMILES string of the molecule is Cn1cc(-c2nc(-c3ccc(OCc4ccccc4)cc3)no2)c(=O)c2cc(F)ccc21. The maximum Gasteiger partial charge on any atom is 0.263 e. The summed E-state index contributed by atoms with van der Waals surface area (Å²) in [5.74, 6) is 0.659. The third-order valence-corrected chi connectivity index (χ3v) is 5.17. The van der Waals surface area contributed by atoms with Crippen LogP contribution in [0.4, 0.5) is 4.39 Å². The van der Waals surface area contributed by atoms with Crippen LogP contribution in [-0.2, 0) is 13.7 Å². The summed E-state index contributed by atoms with van der Waals surface area (Å²) in [6.45, 7) is 0.471. The first kappa shape index (κ1) is 19.7. The minimum Gasteiger partial charge on any atom is -0.489 e. The Morgan fingerprint density at radius 1 is 1.03 bits per heavy atom. The van der Waals surface area contributed by atoms with Gasteiger partial charge in [0.15, 0.2) is 0 Å². The van der Waals surface area contributed by atoms with Crippen LogP contribution in [-0.4, -0.2) is 14.7 Å². The van der Waals surface area contributed by atoms with Crippen LogP contribution in [0.5, 0.6) is 5.75 Å². The van der Waals surface area contributed by atoms with E-state index in [1.54, 1.807) is 23.9 Å². The molecule has 158 valence electrons. The minimum absolute atomic E-state index is 0.0798. The topological polar surface area (TPSA) is 70.2 Å². The van der Waals surface area contributed by atoms with Crippen molar-refractivity contribution >= 4 is 10.9 Å². The monoisotopic (exact) mass is 427 g/mol. The van der Waals surface area contributed by atoms with E-state index in [1.165, 1.54) is 12.1 Å². The number of rotatable bonds is 5. The van der Waals surface area contributed by atoms with Gasteiger partial charge >= 0.3 is 0 Å². The second kappa shape index (κ2) is 8.11. The molecule has 5 rings (SSSR count). The maximum absolute atomic E-state index is 13.7. The smallest absolute Gasteiger partial charge is 0.263 e. The van der Waals surface area contributed by atoms with Crippen LogP contribution in [0.3, 0.4) is 0 Å². The van der Waals surface area contributed by atoms with Gasteiger partial charge in [0.05, 0.1) is 5.52 Å². The molecule has 5 aromatic rings. The molecule has 32 heavy (non-hydrogen) atoms. The maximum atomic E-state index is 13.7. The zero-order valence-electron chi connectivity index (χ0n) is 17.2. The van der Waals surface area contributed by atoms with Crippen LogP contribution < -0.4 is 10.2 Å². The highest BCUT2D eigenvalue weighted by atomic mass is 19.1. The first-order valence-electron chi connectivity index (χ1n) is 9.98. The van der Waals surface area contributed by atoms with Crippen molar-refractivity contribution in [2.45, 2.75) is 6.61 Å². The van der Waals surface area contributed by atoms with Crippen LogP contribution in [0, 0.1) is 5.82 Å². The summed E-state index contributed by atoms with van der Waals surface area (Å²) in [5, 5.41) is 4.26. The molecule has 0 aliphatic rings. The third kappa shape index (κ3) is 3.76. The van der Waals surface area contributed by atoms with Gasteiger partial charge in [-0.1, -0.05) is 35.5 Å². The zero-order valence-corrected chi connectivity index (χ0v) is 17.2. The normalized spacial score (nSPS) is 11.1. The third-order valence-electron chi connectivity index (χ3n) is 5.17. The molecule has 0 N–H and O–H groups in total. The Bertz CT molecular complexity index is 1460. The lowest BCUT2D eigenvalue weighted by Gasteiger charge is -2.07. The highest BCUT2D eigenvalue weighted by Crippen LogP contribution is 2.24. The number of aryl methyl sites for hydroxylation is 1. The molecule has 0 unspecified atom stereocenters. The molecular formula is C25H18FN3O3. The molecule has 0 amide bonds. The lowest BCUT2D eigenvalue weighted by Crippen LogP contribution is -2.10. The van der Waals surface area contributed by atoms with Crippen LogP contribution in [0.1, 0.15) is 5.56 Å². The van der Waals surface area contributed by atoms with Gasteiger partial charge in [0, 0.05) is 24.2 Å². The Morgan fingerprint density at radius 2 is 1.81 bits per heavy atom. The van der Waals surface area contributed by atoms with E-state index in [2.05, 4.69) is 10.1 Å². The fourth-order valence-corrected chi connectivity index (χ4v) is 3.51. The van der Waals surface area contributed by atoms with Gasteiger partial charge in [-0.25, -0.2) is 4.39 Å². The first-order valence-corrected chi connectivity index (χ1v) is 9.98. The van der Waals surface area contributed by atoms with Crippen molar-refractivity contribution in [1.82, 2.24) is 14.7 Å². The molecule has 0 aliphatic heterocycles. The van der Waals surface area contributed by atoms with Crippen LogP contribution in [0.25, 0.3) is 33.7 Å². The number of hydrogen-bond donors (Lipinski definition) is 0. The van der Waals surface area contributed by atoms with E-state index < -0.39 is 5.82 Å². The van der Waals surface area contributed by atoms with Crippen molar-refractivity contribution in [1.29, 1.82) is 0 Å². The van der Waals surface area contributed by atoms with Gasteiger partial charge in [0.2, 0.25) is 11.3 Å². The second-order valence-corrected chi connectivity index (χ2v) is 7.37. The summed E-state index contributed by atoms with van der Waals surface area (Å²) < 4.78 is 26.6.